The minimum Gasteiger partial charge on any atom is -0.435 e. The van der Waals surface area contributed by atoms with Crippen molar-refractivity contribution in [3.05, 3.63) is 58.6 Å². The van der Waals surface area contributed by atoms with Crippen molar-refractivity contribution in [1.29, 1.82) is 0 Å². The van der Waals surface area contributed by atoms with Crippen LogP contribution in [-0.4, -0.2) is 28.1 Å². The van der Waals surface area contributed by atoms with E-state index in [1.165, 1.54) is 47.4 Å². The second kappa shape index (κ2) is 9.07. The van der Waals surface area contributed by atoms with Gasteiger partial charge in [-0.05, 0) is 48.6 Å². The molecule has 1 N–H and O–H groups in total. The van der Waals surface area contributed by atoms with Crippen molar-refractivity contribution >= 4 is 46.9 Å². The first kappa shape index (κ1) is 19.5. The van der Waals surface area contributed by atoms with Gasteiger partial charge in [0.05, 0.1) is 11.4 Å². The highest BCUT2D eigenvalue weighted by Crippen LogP contribution is 2.24. The van der Waals surface area contributed by atoms with Crippen LogP contribution in [0.5, 0.6) is 5.75 Å². The Labute approximate surface area is 167 Å². The first-order chi connectivity index (χ1) is 13.0. The van der Waals surface area contributed by atoms with E-state index >= 15 is 0 Å². The number of amides is 1. The number of alkyl halides is 2. The minimum absolute atomic E-state index is 0.0311. The summed E-state index contributed by atoms with van der Waals surface area (Å²) in [5.41, 5.74) is 1.35. The Bertz CT molecular complexity index is 960. The Morgan fingerprint density at radius 2 is 1.93 bits per heavy atom. The zero-order valence-electron chi connectivity index (χ0n) is 13.7. The minimum atomic E-state index is -2.88. The molecule has 0 aliphatic carbocycles. The molecule has 1 aromatic heterocycles. The van der Waals surface area contributed by atoms with Crippen LogP contribution in [0.3, 0.4) is 0 Å². The molecule has 0 aliphatic rings. The maximum absolute atomic E-state index is 12.1. The lowest BCUT2D eigenvalue weighted by molar-refractivity contribution is -0.113. The van der Waals surface area contributed by atoms with Gasteiger partial charge in [-0.1, -0.05) is 41.3 Å². The van der Waals surface area contributed by atoms with E-state index in [0.717, 1.165) is 5.69 Å². The number of benzene rings is 2. The van der Waals surface area contributed by atoms with Gasteiger partial charge in [0.1, 0.15) is 5.75 Å². The third kappa shape index (κ3) is 5.59. The van der Waals surface area contributed by atoms with Gasteiger partial charge in [-0.25, -0.2) is 4.68 Å². The Hall–Kier alpha value is -2.30. The maximum Gasteiger partial charge on any atom is 0.387 e. The number of nitrogens with zero attached hydrogens (tertiary/aromatic N) is 2. The van der Waals surface area contributed by atoms with Crippen molar-refractivity contribution in [2.75, 3.05) is 11.1 Å². The molecular weight excluding hydrogens is 412 g/mol. The molecule has 3 aromatic rings. The summed E-state index contributed by atoms with van der Waals surface area (Å²) in [7, 11) is 0. The standard InChI is InChI=1S/C17H13F2N3O2S3/c18-15(19)24-13-8-6-11(7-9-13)20-14(23)10-26-16-21-22(17(25)27-16)12-4-2-1-3-5-12/h1-9,15H,10H2,(H,20,23). The monoisotopic (exact) mass is 425 g/mol. The van der Waals surface area contributed by atoms with Crippen LogP contribution >= 0.6 is 35.3 Å². The van der Waals surface area contributed by atoms with Gasteiger partial charge in [0, 0.05) is 5.69 Å². The van der Waals surface area contributed by atoms with Gasteiger partial charge >= 0.3 is 6.61 Å². The van der Waals surface area contributed by atoms with Crippen molar-refractivity contribution in [3.63, 3.8) is 0 Å². The van der Waals surface area contributed by atoms with E-state index in [2.05, 4.69) is 15.2 Å². The average Bonchev–Trinajstić information content (AvgIpc) is 3.03. The highest BCUT2D eigenvalue weighted by Gasteiger charge is 2.10. The van der Waals surface area contributed by atoms with Crippen molar-refractivity contribution in [3.8, 4) is 11.4 Å². The molecule has 10 heteroatoms. The lowest BCUT2D eigenvalue weighted by Gasteiger charge is -2.07. The maximum atomic E-state index is 12.1. The molecule has 140 valence electrons. The fourth-order valence-electron chi connectivity index (χ4n) is 2.10. The summed E-state index contributed by atoms with van der Waals surface area (Å²) in [4.78, 5) is 12.1. The number of rotatable bonds is 7. The lowest BCUT2D eigenvalue weighted by atomic mass is 10.3. The summed E-state index contributed by atoms with van der Waals surface area (Å²) in [6, 6.07) is 15.2. The van der Waals surface area contributed by atoms with E-state index in [-0.39, 0.29) is 17.4 Å². The van der Waals surface area contributed by atoms with Crippen molar-refractivity contribution in [2.24, 2.45) is 0 Å². The molecule has 2 aromatic carbocycles. The quantitative estimate of drug-likeness (QED) is 0.427. The number of hydrogen-bond donors (Lipinski definition) is 1. The van der Waals surface area contributed by atoms with Crippen LogP contribution in [0.1, 0.15) is 0 Å². The number of para-hydroxylation sites is 1. The van der Waals surface area contributed by atoms with Gasteiger partial charge in [0.25, 0.3) is 0 Å². The first-order valence-corrected chi connectivity index (χ1v) is 9.85. The molecule has 0 atom stereocenters. The number of halogens is 2. The second-order valence-corrected chi connectivity index (χ2v) is 7.97. The van der Waals surface area contributed by atoms with Crippen LogP contribution in [0.25, 0.3) is 5.69 Å². The summed E-state index contributed by atoms with van der Waals surface area (Å²) < 4.78 is 31.4. The zero-order chi connectivity index (χ0) is 19.2. The predicted molar refractivity (Wildman–Crippen MR) is 105 cm³/mol. The van der Waals surface area contributed by atoms with Gasteiger partial charge in [-0.3, -0.25) is 4.79 Å². The van der Waals surface area contributed by atoms with Gasteiger partial charge in [0.15, 0.2) is 8.29 Å². The highest BCUT2D eigenvalue weighted by atomic mass is 32.2. The summed E-state index contributed by atoms with van der Waals surface area (Å²) in [6.07, 6.45) is 0. The van der Waals surface area contributed by atoms with Crippen LogP contribution in [-0.2, 0) is 4.79 Å². The third-order valence-electron chi connectivity index (χ3n) is 3.22. The van der Waals surface area contributed by atoms with Crippen molar-refractivity contribution < 1.29 is 18.3 Å². The molecule has 0 spiro atoms. The van der Waals surface area contributed by atoms with Crippen molar-refractivity contribution in [1.82, 2.24) is 9.78 Å². The van der Waals surface area contributed by atoms with Gasteiger partial charge in [-0.15, -0.1) is 5.10 Å². The molecule has 1 heterocycles. The van der Waals surface area contributed by atoms with Crippen LogP contribution in [0.4, 0.5) is 14.5 Å². The molecule has 0 bridgehead atoms. The first-order valence-electron chi connectivity index (χ1n) is 7.64. The number of thioether (sulfide) groups is 1. The summed E-state index contributed by atoms with van der Waals surface area (Å²) in [6.45, 7) is -2.88. The molecule has 0 unspecified atom stereocenters. The number of aromatic nitrogens is 2. The molecule has 0 saturated carbocycles. The number of hydrogen-bond acceptors (Lipinski definition) is 6. The molecule has 0 fully saturated rings. The van der Waals surface area contributed by atoms with Gasteiger partial charge < -0.3 is 10.1 Å². The zero-order valence-corrected chi connectivity index (χ0v) is 16.1. The van der Waals surface area contributed by atoms with Crippen molar-refractivity contribution in [2.45, 2.75) is 11.0 Å². The number of carbonyl (C=O) groups is 1. The van der Waals surface area contributed by atoms with Crippen LogP contribution in [0, 0.1) is 3.95 Å². The average molecular weight is 426 g/mol. The fourth-order valence-corrected chi connectivity index (χ4v) is 4.26. The summed E-state index contributed by atoms with van der Waals surface area (Å²) >= 11 is 7.92. The molecule has 0 radical (unpaired) electrons. The van der Waals surface area contributed by atoms with Crippen LogP contribution in [0.2, 0.25) is 0 Å². The van der Waals surface area contributed by atoms with Crippen LogP contribution in [0.15, 0.2) is 58.9 Å². The van der Waals surface area contributed by atoms with E-state index < -0.39 is 6.61 Å². The molecular formula is C17H13F2N3O2S3. The fraction of sp³-hybridized carbons (Fsp3) is 0.118. The molecule has 5 nitrogen and oxygen atoms in total. The highest BCUT2D eigenvalue weighted by molar-refractivity contribution is 8.01. The van der Waals surface area contributed by atoms with Gasteiger partial charge in [-0.2, -0.15) is 8.78 Å². The molecule has 0 saturated heterocycles. The Morgan fingerprint density at radius 3 is 2.59 bits per heavy atom. The second-order valence-electron chi connectivity index (χ2n) is 5.12. The van der Waals surface area contributed by atoms with E-state index in [0.29, 0.717) is 14.0 Å². The van der Waals surface area contributed by atoms with Gasteiger partial charge in [0.2, 0.25) is 5.91 Å². The summed E-state index contributed by atoms with van der Waals surface area (Å²) in [5, 5.41) is 7.11. The third-order valence-corrected chi connectivity index (χ3v) is 5.59. The molecule has 27 heavy (non-hydrogen) atoms. The molecule has 1 amide bonds. The predicted octanol–water partition coefficient (Wildman–Crippen LogP) is 5.00. The number of carbonyl (C=O) groups excluding carboxylic acids is 1. The SMILES string of the molecule is O=C(CSc1nn(-c2ccccc2)c(=S)s1)Nc1ccc(OC(F)F)cc1. The Kier molecular flexibility index (Phi) is 6.54. The smallest absolute Gasteiger partial charge is 0.387 e. The number of nitrogens with one attached hydrogen (secondary N) is 1. The van der Waals surface area contributed by atoms with E-state index in [1.54, 1.807) is 4.68 Å². The summed E-state index contributed by atoms with van der Waals surface area (Å²) in [5.74, 6) is -0.0645. The van der Waals surface area contributed by atoms with E-state index in [4.69, 9.17) is 12.2 Å². The molecule has 3 rings (SSSR count). The topological polar surface area (TPSA) is 56.2 Å². The number of ether oxygens (including phenoxy) is 1. The largest absolute Gasteiger partial charge is 0.435 e. The van der Waals surface area contributed by atoms with Crippen LogP contribution < -0.4 is 10.1 Å². The Balaban J connectivity index is 1.56. The normalized spacial score (nSPS) is 10.8. The number of anilines is 1. The lowest BCUT2D eigenvalue weighted by Crippen LogP contribution is -2.14. The van der Waals surface area contributed by atoms with E-state index in [1.807, 2.05) is 30.3 Å². The molecule has 0 aliphatic heterocycles. The van der Waals surface area contributed by atoms with E-state index in [9.17, 15) is 13.6 Å². The Morgan fingerprint density at radius 1 is 1.22 bits per heavy atom.